The summed E-state index contributed by atoms with van der Waals surface area (Å²) < 4.78 is 5.38. The van der Waals surface area contributed by atoms with Gasteiger partial charge in [-0.05, 0) is 18.8 Å². The number of hydrogen-bond acceptors (Lipinski definition) is 5. The van der Waals surface area contributed by atoms with Crippen molar-refractivity contribution in [2.45, 2.75) is 26.7 Å². The molecular formula is C13H20N2O2S. The van der Waals surface area contributed by atoms with Crippen LogP contribution in [0.25, 0.3) is 0 Å². The van der Waals surface area contributed by atoms with E-state index < -0.39 is 0 Å². The number of ether oxygens (including phenoxy) is 1. The molecule has 2 N–H and O–H groups in total. The minimum Gasteiger partial charge on any atom is -0.492 e. The predicted molar refractivity (Wildman–Crippen MR) is 75.9 cm³/mol. The Balaban J connectivity index is 2.32. The van der Waals surface area contributed by atoms with Gasteiger partial charge in [0.15, 0.2) is 11.5 Å². The van der Waals surface area contributed by atoms with E-state index in [2.05, 4.69) is 11.8 Å². The number of rotatable bonds is 3. The summed E-state index contributed by atoms with van der Waals surface area (Å²) in [4.78, 5) is 14.4. The van der Waals surface area contributed by atoms with E-state index in [0.29, 0.717) is 16.3 Å². The van der Waals surface area contributed by atoms with Crippen LogP contribution < -0.4 is 15.4 Å². The van der Waals surface area contributed by atoms with Gasteiger partial charge in [-0.25, -0.2) is 0 Å². The molecule has 0 atom stereocenters. The zero-order valence-electron chi connectivity index (χ0n) is 11.2. The number of nitrogen functional groups attached to an aromatic ring is 1. The molecule has 2 heterocycles. The molecule has 4 nitrogen and oxygen atoms in total. The number of nitrogens with two attached hydrogens (primary N) is 1. The van der Waals surface area contributed by atoms with Crippen molar-refractivity contribution in [3.05, 3.63) is 4.88 Å². The van der Waals surface area contributed by atoms with Crippen LogP contribution in [0.4, 0.5) is 10.7 Å². The van der Waals surface area contributed by atoms with Gasteiger partial charge in [0.25, 0.3) is 0 Å². The minimum atomic E-state index is 0.00688. The highest BCUT2D eigenvalue weighted by Crippen LogP contribution is 2.45. The summed E-state index contributed by atoms with van der Waals surface area (Å²) in [5.74, 6) is 1.45. The molecular weight excluding hydrogens is 248 g/mol. The van der Waals surface area contributed by atoms with Gasteiger partial charge in [0.2, 0.25) is 0 Å². The van der Waals surface area contributed by atoms with Crippen molar-refractivity contribution in [2.75, 3.05) is 30.8 Å². The highest BCUT2D eigenvalue weighted by Gasteiger charge is 2.25. The van der Waals surface area contributed by atoms with Crippen LogP contribution in [0.2, 0.25) is 0 Å². The van der Waals surface area contributed by atoms with Crippen molar-refractivity contribution in [3.8, 4) is 5.75 Å². The van der Waals surface area contributed by atoms with E-state index in [1.54, 1.807) is 14.0 Å². The average molecular weight is 268 g/mol. The van der Waals surface area contributed by atoms with Gasteiger partial charge in [-0.15, -0.1) is 11.3 Å². The number of Topliss-reactive ketones (excluding diaryl/α,β-unsaturated/α-hetero) is 1. The van der Waals surface area contributed by atoms with E-state index in [4.69, 9.17) is 10.5 Å². The van der Waals surface area contributed by atoms with Crippen molar-refractivity contribution in [1.29, 1.82) is 0 Å². The fourth-order valence-corrected chi connectivity index (χ4v) is 3.43. The van der Waals surface area contributed by atoms with Gasteiger partial charge in [-0.2, -0.15) is 0 Å². The van der Waals surface area contributed by atoms with Crippen LogP contribution in [0, 0.1) is 5.92 Å². The molecule has 5 heteroatoms. The Morgan fingerprint density at radius 2 is 2.06 bits per heavy atom. The van der Waals surface area contributed by atoms with E-state index in [1.807, 2.05) is 0 Å². The van der Waals surface area contributed by atoms with E-state index in [1.165, 1.54) is 24.2 Å². The molecule has 0 radical (unpaired) electrons. The lowest BCUT2D eigenvalue weighted by Gasteiger charge is -2.31. The Bertz CT molecular complexity index is 448. The standard InChI is InChI=1S/C13H20N2O2S/c1-8-4-6-15(7-5-8)13-11(17-3)10(14)12(18-13)9(2)16/h8H,4-7,14H2,1-3H3. The lowest BCUT2D eigenvalue weighted by Crippen LogP contribution is -2.32. The largest absolute Gasteiger partial charge is 0.492 e. The molecule has 0 aliphatic carbocycles. The smallest absolute Gasteiger partial charge is 0.177 e. The molecule has 2 rings (SSSR count). The Morgan fingerprint density at radius 1 is 1.44 bits per heavy atom. The molecule has 1 aromatic heterocycles. The predicted octanol–water partition coefficient (Wildman–Crippen LogP) is 2.78. The first-order valence-electron chi connectivity index (χ1n) is 6.26. The second kappa shape index (κ2) is 5.18. The second-order valence-corrected chi connectivity index (χ2v) is 5.91. The maximum absolute atomic E-state index is 11.5. The zero-order chi connectivity index (χ0) is 13.3. The molecule has 1 aromatic rings. The van der Waals surface area contributed by atoms with Crippen molar-refractivity contribution < 1.29 is 9.53 Å². The second-order valence-electron chi connectivity index (χ2n) is 4.91. The summed E-state index contributed by atoms with van der Waals surface area (Å²) in [6.07, 6.45) is 2.35. The maximum Gasteiger partial charge on any atom is 0.177 e. The fourth-order valence-electron chi connectivity index (χ4n) is 2.29. The molecule has 18 heavy (non-hydrogen) atoms. The minimum absolute atomic E-state index is 0.00688. The van der Waals surface area contributed by atoms with E-state index in [9.17, 15) is 4.79 Å². The average Bonchev–Trinajstić information content (AvgIpc) is 2.67. The molecule has 1 saturated heterocycles. The third-order valence-electron chi connectivity index (χ3n) is 3.48. The summed E-state index contributed by atoms with van der Waals surface area (Å²) >= 11 is 1.45. The molecule has 0 amide bonds. The number of ketones is 1. The third-order valence-corrected chi connectivity index (χ3v) is 4.83. The van der Waals surface area contributed by atoms with Gasteiger partial charge >= 0.3 is 0 Å². The van der Waals surface area contributed by atoms with E-state index in [0.717, 1.165) is 24.0 Å². The maximum atomic E-state index is 11.5. The van der Waals surface area contributed by atoms with Gasteiger partial charge in [0, 0.05) is 20.0 Å². The molecule has 0 spiro atoms. The van der Waals surface area contributed by atoms with Crippen LogP contribution >= 0.6 is 11.3 Å². The normalized spacial score (nSPS) is 16.9. The van der Waals surface area contributed by atoms with Crippen LogP contribution in [-0.4, -0.2) is 26.0 Å². The van der Waals surface area contributed by atoms with Crippen LogP contribution in [0.15, 0.2) is 0 Å². The van der Waals surface area contributed by atoms with Gasteiger partial charge in [0.1, 0.15) is 5.00 Å². The lowest BCUT2D eigenvalue weighted by molar-refractivity contribution is 0.102. The Kier molecular flexibility index (Phi) is 3.80. The lowest BCUT2D eigenvalue weighted by atomic mass is 9.99. The van der Waals surface area contributed by atoms with E-state index in [-0.39, 0.29) is 5.78 Å². The molecule has 1 fully saturated rings. The summed E-state index contributed by atoms with van der Waals surface area (Å²) in [5, 5.41) is 1.01. The summed E-state index contributed by atoms with van der Waals surface area (Å²) in [5.41, 5.74) is 6.48. The highest BCUT2D eigenvalue weighted by atomic mass is 32.1. The molecule has 0 unspecified atom stereocenters. The number of carbonyl (C=O) groups excluding carboxylic acids is 1. The zero-order valence-corrected chi connectivity index (χ0v) is 12.0. The highest BCUT2D eigenvalue weighted by molar-refractivity contribution is 7.19. The number of carbonyl (C=O) groups is 1. The van der Waals surface area contributed by atoms with Gasteiger partial charge in [-0.3, -0.25) is 4.79 Å². The van der Waals surface area contributed by atoms with Gasteiger partial charge < -0.3 is 15.4 Å². The number of anilines is 2. The Hall–Kier alpha value is -1.23. The van der Waals surface area contributed by atoms with Crippen molar-refractivity contribution >= 4 is 27.8 Å². The van der Waals surface area contributed by atoms with Gasteiger partial charge in [0.05, 0.1) is 17.7 Å². The summed E-state index contributed by atoms with van der Waals surface area (Å²) in [6.45, 7) is 5.84. The monoisotopic (exact) mass is 268 g/mol. The van der Waals surface area contributed by atoms with Crippen molar-refractivity contribution in [1.82, 2.24) is 0 Å². The number of hydrogen-bond donors (Lipinski definition) is 1. The first-order valence-corrected chi connectivity index (χ1v) is 7.08. The van der Waals surface area contributed by atoms with Crippen LogP contribution in [0.3, 0.4) is 0 Å². The number of methoxy groups -OCH3 is 1. The van der Waals surface area contributed by atoms with Crippen molar-refractivity contribution in [3.63, 3.8) is 0 Å². The van der Waals surface area contributed by atoms with Crippen LogP contribution in [-0.2, 0) is 0 Å². The van der Waals surface area contributed by atoms with Crippen LogP contribution in [0.1, 0.15) is 36.4 Å². The van der Waals surface area contributed by atoms with E-state index >= 15 is 0 Å². The van der Waals surface area contributed by atoms with Crippen LogP contribution in [0.5, 0.6) is 5.75 Å². The Morgan fingerprint density at radius 3 is 2.56 bits per heavy atom. The summed E-state index contributed by atoms with van der Waals surface area (Å²) in [7, 11) is 1.61. The number of piperidine rings is 1. The topological polar surface area (TPSA) is 55.6 Å². The molecule has 1 aliphatic heterocycles. The molecule has 0 aromatic carbocycles. The quantitative estimate of drug-likeness (QED) is 0.856. The first kappa shape index (κ1) is 13.2. The van der Waals surface area contributed by atoms with Crippen molar-refractivity contribution in [2.24, 2.45) is 5.92 Å². The Labute approximate surface area is 112 Å². The third kappa shape index (κ3) is 2.32. The SMILES string of the molecule is COc1c(N2CCC(C)CC2)sc(C(C)=O)c1N. The summed E-state index contributed by atoms with van der Waals surface area (Å²) in [6, 6.07) is 0. The fraction of sp³-hybridized carbons (Fsp3) is 0.615. The number of nitrogens with zero attached hydrogens (tertiary/aromatic N) is 1. The first-order chi connectivity index (χ1) is 8.54. The van der Waals surface area contributed by atoms with Gasteiger partial charge in [-0.1, -0.05) is 6.92 Å². The molecule has 0 bridgehead atoms. The molecule has 1 aliphatic rings. The molecule has 0 saturated carbocycles. The molecule has 100 valence electrons. The number of thiophene rings is 1.